The predicted octanol–water partition coefficient (Wildman–Crippen LogP) is 5.39. The number of pyridine rings is 1. The lowest BCUT2D eigenvalue weighted by molar-refractivity contribution is -0.384. The van der Waals surface area contributed by atoms with Gasteiger partial charge in [-0.15, -0.1) is 0 Å². The number of nitriles is 1. The SMILES string of the molecule is CC1(C)CC(=O)c2c(nc3c(c(C#N)cn3C(C)(C)C)c2-c2ccc([N+](=O)[O-])cc2)C1. The van der Waals surface area contributed by atoms with Crippen LogP contribution in [-0.2, 0) is 12.0 Å². The molecule has 2 aromatic heterocycles. The number of hydrogen-bond acceptors (Lipinski definition) is 5. The molecule has 0 saturated carbocycles. The molecule has 2 heterocycles. The van der Waals surface area contributed by atoms with Gasteiger partial charge in [0, 0.05) is 46.8 Å². The summed E-state index contributed by atoms with van der Waals surface area (Å²) in [6.45, 7) is 10.2. The maximum absolute atomic E-state index is 13.3. The van der Waals surface area contributed by atoms with E-state index in [-0.39, 0.29) is 22.4 Å². The second kappa shape index (κ2) is 6.74. The van der Waals surface area contributed by atoms with Crippen molar-refractivity contribution in [1.82, 2.24) is 9.55 Å². The minimum absolute atomic E-state index is 0.0126. The highest BCUT2D eigenvalue weighted by Crippen LogP contribution is 2.43. The van der Waals surface area contributed by atoms with E-state index in [1.54, 1.807) is 18.3 Å². The Morgan fingerprint density at radius 1 is 1.16 bits per heavy atom. The summed E-state index contributed by atoms with van der Waals surface area (Å²) in [6.07, 6.45) is 2.81. The largest absolute Gasteiger partial charge is 0.326 e. The molecule has 3 aromatic rings. The minimum Gasteiger partial charge on any atom is -0.326 e. The van der Waals surface area contributed by atoms with Crippen LogP contribution in [0.4, 0.5) is 5.69 Å². The summed E-state index contributed by atoms with van der Waals surface area (Å²) in [4.78, 5) is 28.9. The van der Waals surface area contributed by atoms with Crippen LogP contribution in [0.1, 0.15) is 62.7 Å². The average molecular weight is 416 g/mol. The van der Waals surface area contributed by atoms with Gasteiger partial charge in [-0.3, -0.25) is 14.9 Å². The average Bonchev–Trinajstić information content (AvgIpc) is 3.04. The molecule has 0 spiro atoms. The highest BCUT2D eigenvalue weighted by Gasteiger charge is 2.36. The lowest BCUT2D eigenvalue weighted by Gasteiger charge is -2.31. The van der Waals surface area contributed by atoms with Crippen LogP contribution in [0.25, 0.3) is 22.2 Å². The van der Waals surface area contributed by atoms with E-state index in [0.717, 1.165) is 5.69 Å². The third kappa shape index (κ3) is 3.38. The smallest absolute Gasteiger partial charge is 0.269 e. The second-order valence-corrected chi connectivity index (χ2v) is 9.95. The molecule has 0 amide bonds. The van der Waals surface area contributed by atoms with Crippen LogP contribution in [0, 0.1) is 26.9 Å². The molecular weight excluding hydrogens is 392 g/mol. The fourth-order valence-electron chi connectivity index (χ4n) is 4.41. The van der Waals surface area contributed by atoms with Crippen molar-refractivity contribution >= 4 is 22.5 Å². The van der Waals surface area contributed by atoms with Gasteiger partial charge in [0.25, 0.3) is 5.69 Å². The third-order valence-corrected chi connectivity index (χ3v) is 5.78. The van der Waals surface area contributed by atoms with Crippen molar-refractivity contribution in [2.24, 2.45) is 5.41 Å². The van der Waals surface area contributed by atoms with E-state index in [1.807, 2.05) is 25.3 Å². The van der Waals surface area contributed by atoms with Crippen molar-refractivity contribution in [3.05, 3.63) is 57.4 Å². The number of aromatic nitrogens is 2. The van der Waals surface area contributed by atoms with E-state index in [4.69, 9.17) is 4.98 Å². The number of carbonyl (C=O) groups is 1. The molecule has 0 fully saturated rings. The second-order valence-electron chi connectivity index (χ2n) is 9.95. The molecule has 0 bridgehead atoms. The molecule has 1 aromatic carbocycles. The Labute approximate surface area is 180 Å². The molecule has 7 heteroatoms. The third-order valence-electron chi connectivity index (χ3n) is 5.78. The highest BCUT2D eigenvalue weighted by atomic mass is 16.6. The number of nitrogens with zero attached hydrogens (tertiary/aromatic N) is 4. The minimum atomic E-state index is -0.453. The Morgan fingerprint density at radius 2 is 1.81 bits per heavy atom. The van der Waals surface area contributed by atoms with Gasteiger partial charge in [0.15, 0.2) is 5.78 Å². The first-order chi connectivity index (χ1) is 14.4. The number of Topliss-reactive ketones (excluding diaryl/α,β-unsaturated/α-hetero) is 1. The number of nitro benzene ring substituents is 1. The number of carbonyl (C=O) groups excluding carboxylic acids is 1. The first-order valence-electron chi connectivity index (χ1n) is 10.2. The quantitative estimate of drug-likeness (QED) is 0.411. The molecule has 0 aliphatic heterocycles. The first kappa shape index (κ1) is 20.7. The van der Waals surface area contributed by atoms with Crippen molar-refractivity contribution < 1.29 is 9.72 Å². The standard InChI is InChI=1S/C24H24N4O3/c1-23(2,3)27-13-15(12-25)20-19(14-6-8-16(9-7-14)28(30)31)21-17(26-22(20)27)10-24(4,5)11-18(21)29/h6-9,13H,10-11H2,1-5H3. The lowest BCUT2D eigenvalue weighted by Crippen LogP contribution is -2.29. The van der Waals surface area contributed by atoms with E-state index < -0.39 is 4.92 Å². The summed E-state index contributed by atoms with van der Waals surface area (Å²) >= 11 is 0. The molecule has 4 rings (SSSR count). The van der Waals surface area contributed by atoms with Crippen LogP contribution in [0.2, 0.25) is 0 Å². The molecule has 31 heavy (non-hydrogen) atoms. The van der Waals surface area contributed by atoms with E-state index in [0.29, 0.717) is 46.1 Å². The zero-order valence-electron chi connectivity index (χ0n) is 18.3. The van der Waals surface area contributed by atoms with Gasteiger partial charge in [0.2, 0.25) is 0 Å². The van der Waals surface area contributed by atoms with Gasteiger partial charge < -0.3 is 4.57 Å². The summed E-state index contributed by atoms with van der Waals surface area (Å²) in [7, 11) is 0. The topological polar surface area (TPSA) is 102 Å². The number of ketones is 1. The molecule has 1 aliphatic carbocycles. The summed E-state index contributed by atoms with van der Waals surface area (Å²) in [5.74, 6) is -0.0126. The monoisotopic (exact) mass is 416 g/mol. The van der Waals surface area contributed by atoms with Gasteiger partial charge in [-0.05, 0) is 50.3 Å². The molecule has 0 radical (unpaired) electrons. The van der Waals surface area contributed by atoms with Gasteiger partial charge in [0.05, 0.1) is 16.2 Å². The Balaban J connectivity index is 2.15. The highest BCUT2D eigenvalue weighted by molar-refractivity contribution is 6.12. The molecule has 0 N–H and O–H groups in total. The van der Waals surface area contributed by atoms with Crippen LogP contribution in [-0.4, -0.2) is 20.3 Å². The molecule has 1 aliphatic rings. The van der Waals surface area contributed by atoms with Gasteiger partial charge in [0.1, 0.15) is 11.7 Å². The fraction of sp³-hybridized carbons (Fsp3) is 0.375. The number of rotatable bonds is 2. The molecule has 0 atom stereocenters. The number of nitro groups is 1. The number of non-ortho nitro benzene ring substituents is 1. The van der Waals surface area contributed by atoms with Crippen LogP contribution < -0.4 is 0 Å². The van der Waals surface area contributed by atoms with Gasteiger partial charge >= 0.3 is 0 Å². The zero-order valence-corrected chi connectivity index (χ0v) is 18.3. The van der Waals surface area contributed by atoms with Crippen LogP contribution in [0.5, 0.6) is 0 Å². The van der Waals surface area contributed by atoms with Crippen LogP contribution in [0.3, 0.4) is 0 Å². The number of fused-ring (bicyclic) bond motifs is 2. The van der Waals surface area contributed by atoms with E-state index in [9.17, 15) is 20.2 Å². The van der Waals surface area contributed by atoms with E-state index >= 15 is 0 Å². The van der Waals surface area contributed by atoms with Gasteiger partial charge in [-0.1, -0.05) is 13.8 Å². The molecule has 0 unspecified atom stereocenters. The number of hydrogen-bond donors (Lipinski definition) is 0. The van der Waals surface area contributed by atoms with Crippen molar-refractivity contribution in [3.63, 3.8) is 0 Å². The maximum atomic E-state index is 13.3. The van der Waals surface area contributed by atoms with E-state index in [1.165, 1.54) is 12.1 Å². The lowest BCUT2D eigenvalue weighted by atomic mass is 9.73. The normalized spacial score (nSPS) is 15.5. The van der Waals surface area contributed by atoms with Crippen molar-refractivity contribution in [3.8, 4) is 17.2 Å². The maximum Gasteiger partial charge on any atom is 0.269 e. The van der Waals surface area contributed by atoms with Crippen molar-refractivity contribution in [1.29, 1.82) is 5.26 Å². The Morgan fingerprint density at radius 3 is 2.35 bits per heavy atom. The van der Waals surface area contributed by atoms with Crippen molar-refractivity contribution in [2.75, 3.05) is 0 Å². The summed E-state index contributed by atoms with van der Waals surface area (Å²) in [5, 5.41) is 21.6. The first-order valence-corrected chi connectivity index (χ1v) is 10.2. The Hall–Kier alpha value is -3.53. The Kier molecular flexibility index (Phi) is 4.51. The summed E-state index contributed by atoms with van der Waals surface area (Å²) < 4.78 is 1.97. The van der Waals surface area contributed by atoms with Gasteiger partial charge in [-0.25, -0.2) is 4.98 Å². The molecule has 158 valence electrons. The summed E-state index contributed by atoms with van der Waals surface area (Å²) in [6, 6.07) is 8.41. The van der Waals surface area contributed by atoms with Crippen LogP contribution >= 0.6 is 0 Å². The molecule has 7 nitrogen and oxygen atoms in total. The van der Waals surface area contributed by atoms with Crippen LogP contribution in [0.15, 0.2) is 30.5 Å². The van der Waals surface area contributed by atoms with E-state index in [2.05, 4.69) is 19.9 Å². The van der Waals surface area contributed by atoms with Gasteiger partial charge in [-0.2, -0.15) is 5.26 Å². The fourth-order valence-corrected chi connectivity index (χ4v) is 4.41. The molecular formula is C24H24N4O3. The summed E-state index contributed by atoms with van der Waals surface area (Å²) in [5.41, 5.74) is 3.10. The zero-order chi connectivity index (χ0) is 22.7. The number of benzene rings is 1. The molecule has 0 saturated heterocycles. The van der Waals surface area contributed by atoms with Crippen molar-refractivity contribution in [2.45, 2.75) is 53.0 Å². The predicted molar refractivity (Wildman–Crippen MR) is 118 cm³/mol. The Bertz CT molecular complexity index is 1290.